The highest BCUT2D eigenvalue weighted by atomic mass is 32.2. The fraction of sp³-hybridized carbons (Fsp3) is 0.357. The molecule has 24 heavy (non-hydrogen) atoms. The van der Waals surface area contributed by atoms with Gasteiger partial charge < -0.3 is 4.57 Å². The molecule has 0 bridgehead atoms. The quantitative estimate of drug-likeness (QED) is 0.581. The van der Waals surface area contributed by atoms with Crippen LogP contribution in [0.2, 0.25) is 0 Å². The van der Waals surface area contributed by atoms with E-state index in [1.807, 2.05) is 17.7 Å². The van der Waals surface area contributed by atoms with Gasteiger partial charge in [-0.1, -0.05) is 17.7 Å². The molecule has 2 rings (SSSR count). The van der Waals surface area contributed by atoms with E-state index in [4.69, 9.17) is 9.11 Å². The molecule has 2 N–H and O–H groups in total. The normalized spacial score (nSPS) is 11.6. The van der Waals surface area contributed by atoms with Gasteiger partial charge in [0.2, 0.25) is 0 Å². The predicted molar refractivity (Wildman–Crippen MR) is 88.9 cm³/mol. The number of aryl methyl sites for hydroxylation is 2. The number of benzene rings is 1. The lowest BCUT2D eigenvalue weighted by molar-refractivity contribution is 0.477. The van der Waals surface area contributed by atoms with Gasteiger partial charge in [0, 0.05) is 18.9 Å². The number of hydrogen-bond donors (Lipinski definition) is 2. The molecule has 1 aromatic heterocycles. The predicted octanol–water partition coefficient (Wildman–Crippen LogP) is 1.79. The van der Waals surface area contributed by atoms with E-state index >= 15 is 0 Å². The Morgan fingerprint density at radius 2 is 1.67 bits per heavy atom. The SMILES string of the molecule is Cc1ccc(S(=O)(=O)O)cc1.O=S(=O)(O)CCCCn1ccnc1. The van der Waals surface area contributed by atoms with E-state index in [0.717, 1.165) is 18.5 Å². The summed E-state index contributed by atoms with van der Waals surface area (Å²) in [6, 6.07) is 5.99. The Bertz CT molecular complexity index is 813. The summed E-state index contributed by atoms with van der Waals surface area (Å²) in [5, 5.41) is 0. The first-order valence-electron chi connectivity index (χ1n) is 7.03. The molecular weight excluding hydrogens is 356 g/mol. The zero-order chi connectivity index (χ0) is 18.2. The highest BCUT2D eigenvalue weighted by Gasteiger charge is 2.06. The van der Waals surface area contributed by atoms with Crippen molar-refractivity contribution < 1.29 is 25.9 Å². The van der Waals surface area contributed by atoms with Crippen LogP contribution in [-0.4, -0.2) is 41.2 Å². The van der Waals surface area contributed by atoms with Crippen LogP contribution in [0.5, 0.6) is 0 Å². The molecule has 134 valence electrons. The molecule has 0 fully saturated rings. The first-order chi connectivity index (χ1) is 11.1. The van der Waals surface area contributed by atoms with Gasteiger partial charge >= 0.3 is 0 Å². The molecule has 0 aliphatic heterocycles. The van der Waals surface area contributed by atoms with Gasteiger partial charge in [-0.05, 0) is 31.9 Å². The first-order valence-corrected chi connectivity index (χ1v) is 10.1. The summed E-state index contributed by atoms with van der Waals surface area (Å²) in [7, 11) is -7.81. The number of aromatic nitrogens is 2. The van der Waals surface area contributed by atoms with Crippen molar-refractivity contribution in [1.29, 1.82) is 0 Å². The Labute approximate surface area is 141 Å². The largest absolute Gasteiger partial charge is 0.337 e. The van der Waals surface area contributed by atoms with Crippen molar-refractivity contribution in [3.8, 4) is 0 Å². The molecule has 1 heterocycles. The molecule has 10 heteroatoms. The van der Waals surface area contributed by atoms with E-state index in [0.29, 0.717) is 6.42 Å². The van der Waals surface area contributed by atoms with Crippen molar-refractivity contribution in [2.24, 2.45) is 0 Å². The minimum absolute atomic E-state index is 0.0666. The van der Waals surface area contributed by atoms with Gasteiger partial charge in [0.1, 0.15) is 0 Å². The van der Waals surface area contributed by atoms with Crippen LogP contribution in [0.25, 0.3) is 0 Å². The third-order valence-corrected chi connectivity index (χ3v) is 4.62. The van der Waals surface area contributed by atoms with Gasteiger partial charge in [0.25, 0.3) is 20.2 Å². The molecule has 0 atom stereocenters. The monoisotopic (exact) mass is 376 g/mol. The summed E-state index contributed by atoms with van der Waals surface area (Å²) in [4.78, 5) is 3.78. The maximum absolute atomic E-state index is 10.5. The Morgan fingerprint density at radius 1 is 1.04 bits per heavy atom. The van der Waals surface area contributed by atoms with Crippen LogP contribution in [0.1, 0.15) is 18.4 Å². The fourth-order valence-electron chi connectivity index (χ4n) is 1.71. The second-order valence-corrected chi connectivity index (χ2v) is 8.08. The van der Waals surface area contributed by atoms with E-state index in [-0.39, 0.29) is 10.6 Å². The Kier molecular flexibility index (Phi) is 7.55. The minimum Gasteiger partial charge on any atom is -0.337 e. The minimum atomic E-state index is -4.02. The third kappa shape index (κ3) is 8.77. The highest BCUT2D eigenvalue weighted by Crippen LogP contribution is 2.08. The topological polar surface area (TPSA) is 127 Å². The van der Waals surface area contributed by atoms with Crippen LogP contribution < -0.4 is 0 Å². The Balaban J connectivity index is 0.000000243. The third-order valence-electron chi connectivity index (χ3n) is 2.95. The molecule has 0 aliphatic rings. The number of hydrogen-bond acceptors (Lipinski definition) is 5. The van der Waals surface area contributed by atoms with Gasteiger partial charge in [0.05, 0.1) is 17.0 Å². The molecular formula is C14H20N2O6S2. The molecule has 0 aliphatic carbocycles. The number of nitrogens with zero attached hydrogens (tertiary/aromatic N) is 2. The van der Waals surface area contributed by atoms with Gasteiger partial charge in [0.15, 0.2) is 0 Å². The fourth-order valence-corrected chi connectivity index (χ4v) is 2.76. The zero-order valence-corrected chi connectivity index (χ0v) is 14.7. The van der Waals surface area contributed by atoms with Gasteiger partial charge in [-0.25, -0.2) is 4.98 Å². The lowest BCUT2D eigenvalue weighted by Crippen LogP contribution is -2.05. The molecule has 2 aromatic rings. The van der Waals surface area contributed by atoms with Crippen LogP contribution in [-0.2, 0) is 26.8 Å². The molecule has 0 saturated carbocycles. The van der Waals surface area contributed by atoms with Crippen LogP contribution in [0.3, 0.4) is 0 Å². The number of rotatable bonds is 6. The van der Waals surface area contributed by atoms with E-state index < -0.39 is 20.2 Å². The summed E-state index contributed by atoms with van der Waals surface area (Å²) >= 11 is 0. The van der Waals surface area contributed by atoms with Crippen molar-refractivity contribution in [3.63, 3.8) is 0 Å². The van der Waals surface area contributed by atoms with E-state index in [1.54, 1.807) is 24.7 Å². The lowest BCUT2D eigenvalue weighted by Gasteiger charge is -2.00. The maximum Gasteiger partial charge on any atom is 0.294 e. The number of imidazole rings is 1. The smallest absolute Gasteiger partial charge is 0.294 e. The average Bonchev–Trinajstić information content (AvgIpc) is 2.96. The van der Waals surface area contributed by atoms with Crippen molar-refractivity contribution in [1.82, 2.24) is 9.55 Å². The van der Waals surface area contributed by atoms with E-state index in [9.17, 15) is 16.8 Å². The summed E-state index contributed by atoms with van der Waals surface area (Å²) in [5.74, 6) is -0.165. The summed E-state index contributed by atoms with van der Waals surface area (Å²) < 4.78 is 60.5. The van der Waals surface area contributed by atoms with Gasteiger partial charge in [-0.2, -0.15) is 16.8 Å². The van der Waals surface area contributed by atoms with E-state index in [1.165, 1.54) is 12.1 Å². The molecule has 0 radical (unpaired) electrons. The van der Waals surface area contributed by atoms with Gasteiger partial charge in [-0.15, -0.1) is 0 Å². The van der Waals surface area contributed by atoms with Crippen molar-refractivity contribution in [2.45, 2.75) is 31.2 Å². The second-order valence-electron chi connectivity index (χ2n) is 5.08. The molecule has 0 unspecified atom stereocenters. The van der Waals surface area contributed by atoms with Crippen LogP contribution in [0, 0.1) is 6.92 Å². The van der Waals surface area contributed by atoms with Gasteiger partial charge in [-0.3, -0.25) is 9.11 Å². The second kappa shape index (κ2) is 8.92. The number of unbranched alkanes of at least 4 members (excludes halogenated alkanes) is 1. The van der Waals surface area contributed by atoms with Crippen LogP contribution >= 0.6 is 0 Å². The Hall–Kier alpha value is -1.75. The summed E-state index contributed by atoms with van der Waals surface area (Å²) in [5.41, 5.74) is 0.956. The van der Waals surface area contributed by atoms with Crippen LogP contribution in [0.4, 0.5) is 0 Å². The molecule has 0 spiro atoms. The summed E-state index contributed by atoms with van der Waals surface area (Å²) in [6.45, 7) is 2.57. The summed E-state index contributed by atoms with van der Waals surface area (Å²) in [6.07, 6.45) is 6.34. The lowest BCUT2D eigenvalue weighted by atomic mass is 10.2. The Morgan fingerprint density at radius 3 is 2.12 bits per heavy atom. The van der Waals surface area contributed by atoms with Crippen molar-refractivity contribution >= 4 is 20.2 Å². The zero-order valence-electron chi connectivity index (χ0n) is 13.1. The van der Waals surface area contributed by atoms with Crippen molar-refractivity contribution in [3.05, 3.63) is 48.5 Å². The first kappa shape index (κ1) is 20.3. The van der Waals surface area contributed by atoms with Crippen molar-refractivity contribution in [2.75, 3.05) is 5.75 Å². The van der Waals surface area contributed by atoms with Crippen LogP contribution in [0.15, 0.2) is 47.9 Å². The maximum atomic E-state index is 10.5. The standard InChI is InChI=1S/C7H12N2O3S.C7H8O3S/c10-13(11,12)6-2-1-4-9-5-3-8-7-9;1-6-2-4-7(5-3-6)11(8,9)10/h3,5,7H,1-2,4,6H2,(H,10,11,12);2-5H,1H3,(H,8,9,10). The van der Waals surface area contributed by atoms with E-state index in [2.05, 4.69) is 4.98 Å². The highest BCUT2D eigenvalue weighted by molar-refractivity contribution is 7.86. The average molecular weight is 376 g/mol. The molecule has 8 nitrogen and oxygen atoms in total. The molecule has 0 amide bonds. The molecule has 0 saturated heterocycles. The molecule has 1 aromatic carbocycles.